The molecule has 2 N–H and O–H groups in total. The maximum Gasteiger partial charge on any atom is 0.306 e. The number of methoxy groups -OCH3 is 1. The van der Waals surface area contributed by atoms with Gasteiger partial charge in [0.2, 0.25) is 5.91 Å². The molecule has 2 rings (SSSR count). The van der Waals surface area contributed by atoms with Crippen LogP contribution < -0.4 is 10.1 Å². The van der Waals surface area contributed by atoms with Crippen LogP contribution in [0.1, 0.15) is 18.4 Å². The number of ether oxygens (including phenoxy) is 1. The highest BCUT2D eigenvalue weighted by Crippen LogP contribution is 2.28. The molecule has 6 heteroatoms. The summed E-state index contributed by atoms with van der Waals surface area (Å²) in [5.41, 5.74) is 0.843. The molecule has 5 nitrogen and oxygen atoms in total. The predicted octanol–water partition coefficient (Wildman–Crippen LogP) is 1.98. The number of aliphatic carboxylic acids is 1. The Labute approximate surface area is 125 Å². The van der Waals surface area contributed by atoms with Crippen LogP contribution in [-0.2, 0) is 16.0 Å². The van der Waals surface area contributed by atoms with E-state index in [2.05, 4.69) is 21.2 Å². The standard InChI is InChI=1S/C14H16BrNO4/c1-20-11-2-3-12(15)8(6-11)7-13(17)16-10-4-9(5-10)14(18)19/h2-3,6,9-10H,4-5,7H2,1H3,(H,16,17)(H,18,19). The lowest BCUT2D eigenvalue weighted by molar-refractivity contribution is -0.146. The quantitative estimate of drug-likeness (QED) is 0.858. The fourth-order valence-corrected chi connectivity index (χ4v) is 2.59. The van der Waals surface area contributed by atoms with Crippen LogP contribution >= 0.6 is 15.9 Å². The van der Waals surface area contributed by atoms with Crippen LogP contribution in [0.2, 0.25) is 0 Å². The van der Waals surface area contributed by atoms with Crippen molar-refractivity contribution in [1.29, 1.82) is 0 Å². The Hall–Kier alpha value is -1.56. The van der Waals surface area contributed by atoms with Gasteiger partial charge in [-0.05, 0) is 36.6 Å². The summed E-state index contributed by atoms with van der Waals surface area (Å²) in [4.78, 5) is 22.6. The van der Waals surface area contributed by atoms with Crippen molar-refractivity contribution < 1.29 is 19.4 Å². The largest absolute Gasteiger partial charge is 0.497 e. The van der Waals surface area contributed by atoms with Crippen LogP contribution in [0.4, 0.5) is 0 Å². The summed E-state index contributed by atoms with van der Waals surface area (Å²) in [5.74, 6) is -0.506. The van der Waals surface area contributed by atoms with E-state index < -0.39 is 5.97 Å². The Morgan fingerprint density at radius 3 is 2.75 bits per heavy atom. The van der Waals surface area contributed by atoms with E-state index in [9.17, 15) is 9.59 Å². The molecule has 0 unspecified atom stereocenters. The van der Waals surface area contributed by atoms with E-state index >= 15 is 0 Å². The molecule has 0 aromatic heterocycles. The van der Waals surface area contributed by atoms with Crippen LogP contribution in [0, 0.1) is 5.92 Å². The molecular weight excluding hydrogens is 326 g/mol. The van der Waals surface area contributed by atoms with Crippen molar-refractivity contribution in [3.8, 4) is 5.75 Å². The van der Waals surface area contributed by atoms with Gasteiger partial charge in [-0.15, -0.1) is 0 Å². The lowest BCUT2D eigenvalue weighted by Gasteiger charge is -2.32. The molecular formula is C14H16BrNO4. The molecule has 20 heavy (non-hydrogen) atoms. The van der Waals surface area contributed by atoms with Gasteiger partial charge in [0.15, 0.2) is 0 Å². The van der Waals surface area contributed by atoms with Gasteiger partial charge in [-0.2, -0.15) is 0 Å². The molecule has 1 aliphatic rings. The number of carboxylic acids is 1. The van der Waals surface area contributed by atoms with Crippen molar-refractivity contribution >= 4 is 27.8 Å². The minimum atomic E-state index is -0.786. The Balaban J connectivity index is 1.88. The molecule has 0 saturated heterocycles. The van der Waals surface area contributed by atoms with E-state index in [4.69, 9.17) is 9.84 Å². The predicted molar refractivity (Wildman–Crippen MR) is 76.7 cm³/mol. The topological polar surface area (TPSA) is 75.6 Å². The molecule has 0 atom stereocenters. The van der Waals surface area contributed by atoms with Crippen molar-refractivity contribution in [2.75, 3.05) is 7.11 Å². The first-order valence-electron chi connectivity index (χ1n) is 6.34. The zero-order chi connectivity index (χ0) is 14.7. The van der Waals surface area contributed by atoms with Crippen molar-refractivity contribution in [2.45, 2.75) is 25.3 Å². The molecule has 1 aromatic rings. The maximum atomic E-state index is 11.9. The van der Waals surface area contributed by atoms with E-state index in [-0.39, 0.29) is 24.3 Å². The Kier molecular flexibility index (Phi) is 4.65. The molecule has 108 valence electrons. The average molecular weight is 342 g/mol. The van der Waals surface area contributed by atoms with Gasteiger partial charge in [-0.25, -0.2) is 0 Å². The minimum Gasteiger partial charge on any atom is -0.497 e. The summed E-state index contributed by atoms with van der Waals surface area (Å²) < 4.78 is 5.98. The van der Waals surface area contributed by atoms with Crippen LogP contribution in [0.5, 0.6) is 5.75 Å². The second kappa shape index (κ2) is 6.26. The van der Waals surface area contributed by atoms with Crippen molar-refractivity contribution in [1.82, 2.24) is 5.32 Å². The third kappa shape index (κ3) is 3.50. The molecule has 0 bridgehead atoms. The number of benzene rings is 1. The third-order valence-electron chi connectivity index (χ3n) is 3.46. The molecule has 1 saturated carbocycles. The Morgan fingerprint density at radius 2 is 2.15 bits per heavy atom. The van der Waals surface area contributed by atoms with Crippen molar-refractivity contribution in [3.05, 3.63) is 28.2 Å². The molecule has 0 aliphatic heterocycles. The number of nitrogens with one attached hydrogen (secondary N) is 1. The highest BCUT2D eigenvalue weighted by Gasteiger charge is 2.35. The van der Waals surface area contributed by atoms with Crippen LogP contribution in [0.3, 0.4) is 0 Å². The number of halogens is 1. The van der Waals surface area contributed by atoms with Gasteiger partial charge < -0.3 is 15.2 Å². The number of hydrogen-bond acceptors (Lipinski definition) is 3. The monoisotopic (exact) mass is 341 g/mol. The van der Waals surface area contributed by atoms with Crippen LogP contribution in [0.15, 0.2) is 22.7 Å². The zero-order valence-corrected chi connectivity index (χ0v) is 12.6. The molecule has 0 spiro atoms. The second-order valence-corrected chi connectivity index (χ2v) is 5.76. The summed E-state index contributed by atoms with van der Waals surface area (Å²) in [6.45, 7) is 0. The van der Waals surface area contributed by atoms with Gasteiger partial charge in [-0.1, -0.05) is 15.9 Å². The van der Waals surface area contributed by atoms with E-state index in [0.717, 1.165) is 10.0 Å². The van der Waals surface area contributed by atoms with Crippen molar-refractivity contribution in [2.24, 2.45) is 5.92 Å². The zero-order valence-electron chi connectivity index (χ0n) is 11.1. The lowest BCUT2D eigenvalue weighted by atomic mass is 9.80. The number of carbonyl (C=O) groups excluding carboxylic acids is 1. The summed E-state index contributed by atoms with van der Waals surface area (Å²) in [5, 5.41) is 11.6. The summed E-state index contributed by atoms with van der Waals surface area (Å²) in [7, 11) is 1.58. The van der Waals surface area contributed by atoms with Gasteiger partial charge in [0, 0.05) is 10.5 Å². The summed E-state index contributed by atoms with van der Waals surface area (Å²) in [6, 6.07) is 5.44. The molecule has 0 heterocycles. The maximum absolute atomic E-state index is 11.9. The van der Waals surface area contributed by atoms with Gasteiger partial charge in [-0.3, -0.25) is 9.59 Å². The van der Waals surface area contributed by atoms with Gasteiger partial charge in [0.05, 0.1) is 19.4 Å². The first-order chi connectivity index (χ1) is 9.49. The minimum absolute atomic E-state index is 0.0204. The Bertz CT molecular complexity index is 526. The number of carbonyl (C=O) groups is 2. The van der Waals surface area contributed by atoms with Crippen LogP contribution in [-0.4, -0.2) is 30.1 Å². The van der Waals surface area contributed by atoms with Gasteiger partial charge >= 0.3 is 5.97 Å². The smallest absolute Gasteiger partial charge is 0.306 e. The normalized spacial score (nSPS) is 20.9. The first kappa shape index (κ1) is 14.8. The molecule has 0 radical (unpaired) electrons. The number of amides is 1. The SMILES string of the molecule is COc1ccc(Br)c(CC(=O)NC2CC(C(=O)O)C2)c1. The highest BCUT2D eigenvalue weighted by molar-refractivity contribution is 9.10. The number of hydrogen-bond donors (Lipinski definition) is 2. The van der Waals surface area contributed by atoms with E-state index in [1.165, 1.54) is 0 Å². The van der Waals surface area contributed by atoms with Gasteiger partial charge in [0.25, 0.3) is 0 Å². The molecule has 1 amide bonds. The van der Waals surface area contributed by atoms with Crippen LogP contribution in [0.25, 0.3) is 0 Å². The first-order valence-corrected chi connectivity index (χ1v) is 7.13. The molecule has 1 aliphatic carbocycles. The molecule has 1 aromatic carbocycles. The van der Waals surface area contributed by atoms with Crippen molar-refractivity contribution in [3.63, 3.8) is 0 Å². The average Bonchev–Trinajstić information content (AvgIpc) is 2.35. The molecule has 1 fully saturated rings. The van der Waals surface area contributed by atoms with E-state index in [1.807, 2.05) is 18.2 Å². The second-order valence-electron chi connectivity index (χ2n) is 4.91. The van der Waals surface area contributed by atoms with E-state index in [0.29, 0.717) is 18.6 Å². The number of carboxylic acid groups (broad SMARTS) is 1. The van der Waals surface area contributed by atoms with Gasteiger partial charge in [0.1, 0.15) is 5.75 Å². The summed E-state index contributed by atoms with van der Waals surface area (Å²) in [6.07, 6.45) is 1.27. The summed E-state index contributed by atoms with van der Waals surface area (Å²) >= 11 is 3.40. The lowest BCUT2D eigenvalue weighted by Crippen LogP contribution is -2.47. The fraction of sp³-hybridized carbons (Fsp3) is 0.429. The highest BCUT2D eigenvalue weighted by atomic mass is 79.9. The fourth-order valence-electron chi connectivity index (χ4n) is 2.20. The third-order valence-corrected chi connectivity index (χ3v) is 4.23. The van der Waals surface area contributed by atoms with E-state index in [1.54, 1.807) is 7.11 Å². The number of rotatable bonds is 5. The Morgan fingerprint density at radius 1 is 1.45 bits per heavy atom.